The van der Waals surface area contributed by atoms with E-state index in [9.17, 15) is 0 Å². The zero-order chi connectivity index (χ0) is 13.3. The summed E-state index contributed by atoms with van der Waals surface area (Å²) in [5.41, 5.74) is 2.88. The molecule has 0 N–H and O–H groups in total. The lowest BCUT2D eigenvalue weighted by Crippen LogP contribution is -2.36. The van der Waals surface area contributed by atoms with Crippen LogP contribution in [0.5, 0.6) is 0 Å². The van der Waals surface area contributed by atoms with Crippen LogP contribution in [-0.2, 0) is 4.12 Å². The number of hydrogen-bond acceptors (Lipinski definition) is 1. The van der Waals surface area contributed by atoms with Gasteiger partial charge in [0.05, 0.1) is 0 Å². The molecule has 0 aromatic carbocycles. The van der Waals surface area contributed by atoms with Crippen molar-refractivity contribution in [3.63, 3.8) is 0 Å². The molecule has 0 saturated carbocycles. The molecule has 1 nitrogen and oxygen atoms in total. The Morgan fingerprint density at radius 2 is 1.76 bits per heavy atom. The molecule has 2 unspecified atom stereocenters. The van der Waals surface area contributed by atoms with Gasteiger partial charge in [0.15, 0.2) is 17.4 Å². The van der Waals surface area contributed by atoms with Crippen molar-refractivity contribution in [2.45, 2.75) is 77.6 Å². The van der Waals surface area contributed by atoms with Crippen molar-refractivity contribution in [3.05, 3.63) is 12.3 Å². The smallest absolute Gasteiger partial charge is 0.190 e. The van der Waals surface area contributed by atoms with Gasteiger partial charge in [-0.25, -0.2) is 0 Å². The molecule has 0 aliphatic heterocycles. The lowest BCUT2D eigenvalue weighted by atomic mass is 10.1. The molecule has 0 fully saturated rings. The van der Waals surface area contributed by atoms with Crippen LogP contribution < -0.4 is 0 Å². The van der Waals surface area contributed by atoms with Crippen molar-refractivity contribution in [1.82, 2.24) is 0 Å². The highest BCUT2D eigenvalue weighted by molar-refractivity contribution is 6.79. The molecular formula is C14H32OSi2. The lowest BCUT2D eigenvalue weighted by Gasteiger charge is -2.27. The summed E-state index contributed by atoms with van der Waals surface area (Å²) in [5, 5.41) is 0. The first-order chi connectivity index (χ1) is 7.90. The van der Waals surface area contributed by atoms with E-state index in [1.165, 1.54) is 38.5 Å². The topological polar surface area (TPSA) is 9.23 Å². The summed E-state index contributed by atoms with van der Waals surface area (Å²) in [6, 6.07) is 0. The van der Waals surface area contributed by atoms with Crippen molar-refractivity contribution < 1.29 is 4.12 Å². The van der Waals surface area contributed by atoms with Gasteiger partial charge in [-0.15, -0.1) is 6.58 Å². The maximum Gasteiger partial charge on any atom is 0.190 e. The molecular weight excluding hydrogens is 240 g/mol. The molecule has 0 spiro atoms. The fourth-order valence-corrected chi connectivity index (χ4v) is 7.65. The average Bonchev–Trinajstić information content (AvgIpc) is 2.24. The largest absolute Gasteiger partial charge is 0.455 e. The molecule has 0 aliphatic rings. The standard InChI is InChI=1S/C14H32OSi2/c1-7-9-10-11-12-13-14(3)16(8-2)15-17(4,5)6/h8,14,16H,2,7,9-13H2,1,3-6H3. The lowest BCUT2D eigenvalue weighted by molar-refractivity contribution is 0.534. The molecule has 0 heterocycles. The summed E-state index contributed by atoms with van der Waals surface area (Å²) in [7, 11) is -2.54. The first-order valence-corrected chi connectivity index (χ1v) is 12.4. The van der Waals surface area contributed by atoms with E-state index in [4.69, 9.17) is 4.12 Å². The van der Waals surface area contributed by atoms with E-state index in [0.29, 0.717) is 0 Å². The Morgan fingerprint density at radius 3 is 2.24 bits per heavy atom. The highest BCUT2D eigenvalue weighted by Gasteiger charge is 2.24. The summed E-state index contributed by atoms with van der Waals surface area (Å²) in [6.45, 7) is 15.5. The minimum atomic E-state index is -1.37. The molecule has 0 aliphatic carbocycles. The summed E-state index contributed by atoms with van der Waals surface area (Å²) in [6.07, 6.45) is 8.22. The van der Waals surface area contributed by atoms with E-state index >= 15 is 0 Å². The van der Waals surface area contributed by atoms with Crippen LogP contribution in [0.4, 0.5) is 0 Å². The second-order valence-corrected chi connectivity index (χ2v) is 13.8. The van der Waals surface area contributed by atoms with E-state index in [-0.39, 0.29) is 0 Å². The van der Waals surface area contributed by atoms with E-state index < -0.39 is 17.4 Å². The Morgan fingerprint density at radius 1 is 1.18 bits per heavy atom. The monoisotopic (exact) mass is 272 g/mol. The third-order valence-corrected chi connectivity index (χ3v) is 8.88. The van der Waals surface area contributed by atoms with Gasteiger partial charge in [0.2, 0.25) is 0 Å². The fourth-order valence-electron chi connectivity index (χ4n) is 2.04. The molecule has 0 rings (SSSR count). The van der Waals surface area contributed by atoms with Crippen LogP contribution in [0.3, 0.4) is 0 Å². The summed E-state index contributed by atoms with van der Waals surface area (Å²) in [4.78, 5) is 0. The van der Waals surface area contributed by atoms with Crippen LogP contribution >= 0.6 is 0 Å². The molecule has 17 heavy (non-hydrogen) atoms. The van der Waals surface area contributed by atoms with Gasteiger partial charge in [-0.1, -0.05) is 58.1 Å². The molecule has 0 saturated heterocycles. The van der Waals surface area contributed by atoms with Crippen molar-refractivity contribution >= 4 is 17.4 Å². The van der Waals surface area contributed by atoms with E-state index in [1.807, 2.05) is 0 Å². The van der Waals surface area contributed by atoms with Crippen LogP contribution in [-0.4, -0.2) is 17.4 Å². The van der Waals surface area contributed by atoms with Crippen molar-refractivity contribution in [1.29, 1.82) is 0 Å². The third-order valence-electron chi connectivity index (χ3n) is 3.05. The predicted molar refractivity (Wildman–Crippen MR) is 84.6 cm³/mol. The van der Waals surface area contributed by atoms with Gasteiger partial charge in [-0.3, -0.25) is 0 Å². The van der Waals surface area contributed by atoms with Crippen LogP contribution in [0.15, 0.2) is 12.3 Å². The molecule has 0 aromatic rings. The SMILES string of the molecule is C=C[SiH](O[Si](C)(C)C)C(C)CCCCCCC. The molecule has 0 radical (unpaired) electrons. The Bertz CT molecular complexity index is 199. The average molecular weight is 273 g/mol. The molecule has 3 heteroatoms. The molecule has 0 aromatic heterocycles. The first kappa shape index (κ1) is 17.1. The van der Waals surface area contributed by atoms with Gasteiger partial charge in [-0.2, -0.15) is 0 Å². The van der Waals surface area contributed by atoms with Gasteiger partial charge < -0.3 is 4.12 Å². The van der Waals surface area contributed by atoms with Gasteiger partial charge in [0.25, 0.3) is 0 Å². The quantitative estimate of drug-likeness (QED) is 0.400. The minimum absolute atomic E-state index is 0.751. The summed E-state index contributed by atoms with van der Waals surface area (Å²) >= 11 is 0. The Kier molecular flexibility index (Phi) is 9.19. The Hall–Kier alpha value is 0.134. The van der Waals surface area contributed by atoms with Crippen LogP contribution in [0, 0.1) is 0 Å². The van der Waals surface area contributed by atoms with Gasteiger partial charge >= 0.3 is 0 Å². The predicted octanol–water partition coefficient (Wildman–Crippen LogP) is 5.04. The van der Waals surface area contributed by atoms with Crippen LogP contribution in [0.1, 0.15) is 52.4 Å². The maximum absolute atomic E-state index is 6.29. The third kappa shape index (κ3) is 9.80. The van der Waals surface area contributed by atoms with Crippen LogP contribution in [0.25, 0.3) is 0 Å². The van der Waals surface area contributed by atoms with Crippen molar-refractivity contribution in [2.24, 2.45) is 0 Å². The zero-order valence-electron chi connectivity index (χ0n) is 12.6. The van der Waals surface area contributed by atoms with Crippen molar-refractivity contribution in [3.8, 4) is 0 Å². The minimum Gasteiger partial charge on any atom is -0.455 e. The second-order valence-electron chi connectivity index (χ2n) is 6.11. The molecule has 0 amide bonds. The zero-order valence-corrected chi connectivity index (χ0v) is 14.7. The summed E-state index contributed by atoms with van der Waals surface area (Å²) < 4.78 is 6.29. The van der Waals surface area contributed by atoms with E-state index in [1.54, 1.807) is 0 Å². The Labute approximate surface area is 112 Å². The van der Waals surface area contributed by atoms with Gasteiger partial charge in [0, 0.05) is 0 Å². The summed E-state index contributed by atoms with van der Waals surface area (Å²) in [5.74, 6) is 0. The molecule has 2 atom stereocenters. The maximum atomic E-state index is 6.29. The Balaban J connectivity index is 3.84. The second kappa shape index (κ2) is 9.12. The molecule has 0 bridgehead atoms. The first-order valence-electron chi connectivity index (χ1n) is 7.21. The normalized spacial score (nSPS) is 15.6. The number of hydrogen-bond donors (Lipinski definition) is 0. The van der Waals surface area contributed by atoms with Gasteiger partial charge in [0.1, 0.15) is 0 Å². The highest BCUT2D eigenvalue weighted by atomic mass is 28.4. The number of unbranched alkanes of at least 4 members (excludes halogenated alkanes) is 4. The van der Waals surface area contributed by atoms with Gasteiger partial charge in [-0.05, 0) is 25.2 Å². The van der Waals surface area contributed by atoms with E-state index in [0.717, 1.165) is 5.54 Å². The number of rotatable bonds is 10. The van der Waals surface area contributed by atoms with E-state index in [2.05, 4.69) is 45.8 Å². The fraction of sp³-hybridized carbons (Fsp3) is 0.857. The van der Waals surface area contributed by atoms with Crippen molar-refractivity contribution in [2.75, 3.05) is 0 Å². The molecule has 102 valence electrons. The highest BCUT2D eigenvalue weighted by Crippen LogP contribution is 2.22. The van der Waals surface area contributed by atoms with Crippen LogP contribution in [0.2, 0.25) is 25.2 Å².